The predicted molar refractivity (Wildman–Crippen MR) is 88.3 cm³/mol. The normalized spacial score (nSPS) is 12.1. The average molecular weight is 325 g/mol. The quantitative estimate of drug-likeness (QED) is 0.345. The number of ether oxygens (including phenoxy) is 1. The number of carbonyl (C=O) groups is 1. The number of carbonyl (C=O) groups excluding carboxylic acids is 1. The van der Waals surface area contributed by atoms with E-state index in [0.717, 1.165) is 23.1 Å². The molecule has 2 rings (SSSR count). The molecular weight excluding hydrogens is 310 g/mol. The number of nitrogens with zero attached hydrogens (tertiary/aromatic N) is 3. The molecule has 0 aliphatic carbocycles. The lowest BCUT2D eigenvalue weighted by atomic mass is 10.2. The van der Waals surface area contributed by atoms with Crippen molar-refractivity contribution in [2.24, 2.45) is 0 Å². The van der Waals surface area contributed by atoms with E-state index in [1.54, 1.807) is 0 Å². The van der Waals surface area contributed by atoms with E-state index in [0.29, 0.717) is 24.6 Å². The van der Waals surface area contributed by atoms with Crippen LogP contribution in [0.2, 0.25) is 0 Å². The summed E-state index contributed by atoms with van der Waals surface area (Å²) in [6.45, 7) is 4.32. The van der Waals surface area contributed by atoms with Crippen molar-refractivity contribution in [2.45, 2.75) is 17.7 Å². The van der Waals surface area contributed by atoms with Crippen LogP contribution in [-0.2, 0) is 9.53 Å². The van der Waals surface area contributed by atoms with Gasteiger partial charge in [-0.1, -0.05) is 30.5 Å². The Morgan fingerprint density at radius 2 is 2.04 bits per heavy atom. The lowest BCUT2D eigenvalue weighted by Crippen LogP contribution is -2.20. The van der Waals surface area contributed by atoms with Crippen LogP contribution in [0.25, 0.3) is 0 Å². The van der Waals surface area contributed by atoms with Gasteiger partial charge in [-0.05, 0) is 25.0 Å². The van der Waals surface area contributed by atoms with Crippen molar-refractivity contribution in [3.05, 3.63) is 47.5 Å². The largest absolute Gasteiger partial charge is 0.463 e. The van der Waals surface area contributed by atoms with Crippen LogP contribution in [-0.4, -0.2) is 19.1 Å². The first-order valence-electron chi connectivity index (χ1n) is 7.09. The molecule has 6 heteroatoms. The number of unbranched alkanes of at least 4 members (excludes halogenated alkanes) is 1. The van der Waals surface area contributed by atoms with Gasteiger partial charge >= 0.3 is 5.97 Å². The fourth-order valence-corrected chi connectivity index (χ4v) is 3.30. The molecule has 1 aliphatic rings. The highest BCUT2D eigenvalue weighted by molar-refractivity contribution is 8.03. The minimum Gasteiger partial charge on any atom is -0.463 e. The van der Waals surface area contributed by atoms with Gasteiger partial charge in [0.25, 0.3) is 0 Å². The highest BCUT2D eigenvalue weighted by Gasteiger charge is 2.27. The van der Waals surface area contributed by atoms with Crippen molar-refractivity contribution in [3.63, 3.8) is 0 Å². The number of rotatable bonds is 6. The highest BCUT2D eigenvalue weighted by Crippen LogP contribution is 2.46. The van der Waals surface area contributed by atoms with Crippen molar-refractivity contribution < 1.29 is 9.53 Å². The zero-order valence-corrected chi connectivity index (χ0v) is 13.3. The molecule has 0 fully saturated rings. The maximum Gasteiger partial charge on any atom is 0.330 e. The first-order chi connectivity index (χ1) is 11.2. The minimum absolute atomic E-state index is 0.115. The first-order valence-corrected chi connectivity index (χ1v) is 7.91. The smallest absolute Gasteiger partial charge is 0.330 e. The monoisotopic (exact) mass is 325 g/mol. The summed E-state index contributed by atoms with van der Waals surface area (Å²) in [6, 6.07) is 11.7. The van der Waals surface area contributed by atoms with Gasteiger partial charge < -0.3 is 9.64 Å². The number of para-hydroxylation sites is 1. The zero-order valence-electron chi connectivity index (χ0n) is 12.5. The Balaban J connectivity index is 2.06. The predicted octanol–water partition coefficient (Wildman–Crippen LogP) is 3.37. The second-order valence-electron chi connectivity index (χ2n) is 4.70. The number of fused-ring (bicyclic) bond motifs is 1. The van der Waals surface area contributed by atoms with Crippen molar-refractivity contribution in [2.75, 3.05) is 18.1 Å². The summed E-state index contributed by atoms with van der Waals surface area (Å²) in [5, 5.41) is 19.0. The highest BCUT2D eigenvalue weighted by atomic mass is 32.2. The third-order valence-electron chi connectivity index (χ3n) is 3.23. The Labute approximate surface area is 139 Å². The molecule has 0 N–H and O–H groups in total. The summed E-state index contributed by atoms with van der Waals surface area (Å²) >= 11 is 1.44. The Morgan fingerprint density at radius 3 is 2.74 bits per heavy atom. The number of allylic oxidation sites excluding steroid dienone is 1. The number of hydrogen-bond donors (Lipinski definition) is 0. The zero-order chi connectivity index (χ0) is 16.7. The molecule has 1 aliphatic heterocycles. The Hall–Kier alpha value is -2.70. The molecule has 0 radical (unpaired) electrons. The molecule has 116 valence electrons. The molecular formula is C17H15N3O2S. The van der Waals surface area contributed by atoms with Crippen molar-refractivity contribution in [3.8, 4) is 12.1 Å². The van der Waals surface area contributed by atoms with Crippen molar-refractivity contribution in [1.29, 1.82) is 10.5 Å². The van der Waals surface area contributed by atoms with Crippen LogP contribution < -0.4 is 4.90 Å². The molecule has 1 aromatic rings. The lowest BCUT2D eigenvalue weighted by Gasteiger charge is -2.20. The second-order valence-corrected chi connectivity index (χ2v) is 5.73. The van der Waals surface area contributed by atoms with Crippen molar-refractivity contribution >= 4 is 23.4 Å². The molecule has 1 aromatic carbocycles. The minimum atomic E-state index is -0.427. The van der Waals surface area contributed by atoms with Crippen LogP contribution >= 0.6 is 11.8 Å². The molecule has 0 saturated heterocycles. The van der Waals surface area contributed by atoms with Gasteiger partial charge in [-0.25, -0.2) is 4.79 Å². The van der Waals surface area contributed by atoms with Gasteiger partial charge in [-0.15, -0.1) is 0 Å². The number of thioether (sulfide) groups is 1. The third-order valence-corrected chi connectivity index (χ3v) is 4.42. The van der Waals surface area contributed by atoms with Gasteiger partial charge in [0, 0.05) is 17.5 Å². The van der Waals surface area contributed by atoms with Gasteiger partial charge in [-0.2, -0.15) is 10.5 Å². The summed E-state index contributed by atoms with van der Waals surface area (Å²) in [5.74, 6) is -0.427. The second kappa shape index (κ2) is 8.07. The molecule has 0 spiro atoms. The summed E-state index contributed by atoms with van der Waals surface area (Å²) < 4.78 is 4.94. The topological polar surface area (TPSA) is 77.1 Å². The van der Waals surface area contributed by atoms with Crippen LogP contribution in [0.4, 0.5) is 5.69 Å². The molecule has 0 aromatic heterocycles. The van der Waals surface area contributed by atoms with E-state index in [1.807, 2.05) is 41.3 Å². The van der Waals surface area contributed by atoms with E-state index in [2.05, 4.69) is 6.58 Å². The molecule has 5 nitrogen and oxygen atoms in total. The maximum atomic E-state index is 11.0. The molecule has 1 heterocycles. The summed E-state index contributed by atoms with van der Waals surface area (Å²) in [4.78, 5) is 14.0. The molecule has 0 unspecified atom stereocenters. The number of anilines is 1. The first kappa shape index (κ1) is 16.7. The molecule has 0 bridgehead atoms. The van der Waals surface area contributed by atoms with Crippen LogP contribution in [0.15, 0.2) is 52.4 Å². The number of nitriles is 2. The lowest BCUT2D eigenvalue weighted by molar-refractivity contribution is -0.137. The van der Waals surface area contributed by atoms with Gasteiger partial charge in [0.15, 0.2) is 5.57 Å². The molecule has 0 atom stereocenters. The fraction of sp³-hybridized carbons (Fsp3) is 0.235. The van der Waals surface area contributed by atoms with E-state index >= 15 is 0 Å². The Morgan fingerprint density at radius 1 is 1.30 bits per heavy atom. The Bertz CT molecular complexity index is 712. The van der Waals surface area contributed by atoms with Crippen molar-refractivity contribution in [1.82, 2.24) is 0 Å². The van der Waals surface area contributed by atoms with Gasteiger partial charge in [0.2, 0.25) is 0 Å². The van der Waals surface area contributed by atoms with Gasteiger partial charge in [0.1, 0.15) is 17.2 Å². The van der Waals surface area contributed by atoms with Crippen LogP contribution in [0.5, 0.6) is 0 Å². The summed E-state index contributed by atoms with van der Waals surface area (Å²) in [5.41, 5.74) is 1.11. The SMILES string of the molecule is C=CC(=O)OCCCCN1C(=C(C#N)C#N)Sc2ccccc21. The molecule has 23 heavy (non-hydrogen) atoms. The molecule has 0 amide bonds. The van der Waals surface area contributed by atoms with E-state index in [1.165, 1.54) is 11.8 Å². The molecule has 0 saturated carbocycles. The number of esters is 1. The van der Waals surface area contributed by atoms with E-state index in [4.69, 9.17) is 15.3 Å². The third kappa shape index (κ3) is 3.94. The van der Waals surface area contributed by atoms with Crippen LogP contribution in [0.1, 0.15) is 12.8 Å². The number of benzene rings is 1. The summed E-state index contributed by atoms with van der Waals surface area (Å²) in [7, 11) is 0. The Kier molecular flexibility index (Phi) is 5.85. The van der Waals surface area contributed by atoms with Gasteiger partial charge in [0.05, 0.1) is 12.3 Å². The van der Waals surface area contributed by atoms with E-state index < -0.39 is 5.97 Å². The van der Waals surface area contributed by atoms with Crippen LogP contribution in [0.3, 0.4) is 0 Å². The standard InChI is InChI=1S/C17H15N3O2S/c1-2-16(21)22-10-6-5-9-20-14-7-3-4-8-15(14)23-17(20)13(11-18)12-19/h2-4,7-8H,1,5-6,9-10H2. The number of hydrogen-bond acceptors (Lipinski definition) is 6. The van der Waals surface area contributed by atoms with E-state index in [-0.39, 0.29) is 5.57 Å². The maximum absolute atomic E-state index is 11.0. The average Bonchev–Trinajstić information content (AvgIpc) is 2.94. The fourth-order valence-electron chi connectivity index (χ4n) is 2.17. The van der Waals surface area contributed by atoms with E-state index in [9.17, 15) is 4.79 Å². The summed E-state index contributed by atoms with van der Waals surface area (Å²) in [6.07, 6.45) is 2.61. The van der Waals surface area contributed by atoms with Crippen LogP contribution in [0, 0.1) is 22.7 Å². The van der Waals surface area contributed by atoms with Gasteiger partial charge in [-0.3, -0.25) is 0 Å².